The Morgan fingerprint density at radius 1 is 1.00 bits per heavy atom. The Morgan fingerprint density at radius 2 is 1.70 bits per heavy atom. The highest BCUT2D eigenvalue weighted by Crippen LogP contribution is 2.26. The van der Waals surface area contributed by atoms with Gasteiger partial charge in [-0.05, 0) is 52.7 Å². The van der Waals surface area contributed by atoms with Crippen LogP contribution in [0.3, 0.4) is 0 Å². The molecule has 4 rings (SSSR count). The van der Waals surface area contributed by atoms with Crippen LogP contribution in [0.1, 0.15) is 35.6 Å². The van der Waals surface area contributed by atoms with Crippen molar-refractivity contribution in [2.75, 3.05) is 11.4 Å². The lowest BCUT2D eigenvalue weighted by molar-refractivity contribution is 0.0472. The monoisotopic (exact) mass is 513 g/mol. The van der Waals surface area contributed by atoms with Gasteiger partial charge in [-0.25, -0.2) is 22.8 Å². The summed E-state index contributed by atoms with van der Waals surface area (Å²) in [6.07, 6.45) is -1.45. The molecule has 4 aromatic rings. The number of carbonyl (C=O) groups excluding carboxylic acids is 1. The standard InChI is InChI=1S/C25H22F3N5O4/c1-2-13-31(24(35)33-25(36)32(29-30-33)22-18(26)9-6-10-19(22)27)21-12-11-17(14-20(21)28)23(34)37-15-16-7-4-3-5-8-16/h3-12,14,24,35H,2,13,15H2,1H3. The molecule has 37 heavy (non-hydrogen) atoms. The van der Waals surface area contributed by atoms with Gasteiger partial charge in [0.15, 0.2) is 11.6 Å². The summed E-state index contributed by atoms with van der Waals surface area (Å²) >= 11 is 0. The van der Waals surface area contributed by atoms with E-state index in [1.54, 1.807) is 31.2 Å². The molecular weight excluding hydrogens is 491 g/mol. The zero-order valence-electron chi connectivity index (χ0n) is 19.6. The zero-order chi connectivity index (χ0) is 26.5. The molecule has 9 nitrogen and oxygen atoms in total. The highest BCUT2D eigenvalue weighted by Gasteiger charge is 2.27. The van der Waals surface area contributed by atoms with Crippen molar-refractivity contribution < 1.29 is 27.8 Å². The topological polar surface area (TPSA) is 102 Å². The summed E-state index contributed by atoms with van der Waals surface area (Å²) in [4.78, 5) is 26.3. The van der Waals surface area contributed by atoms with Gasteiger partial charge in [-0.2, -0.15) is 4.68 Å². The van der Waals surface area contributed by atoms with Crippen molar-refractivity contribution >= 4 is 11.7 Å². The smallest absolute Gasteiger partial charge is 0.372 e. The zero-order valence-corrected chi connectivity index (χ0v) is 19.6. The third-order valence-corrected chi connectivity index (χ3v) is 5.42. The molecule has 0 saturated heterocycles. The number of ether oxygens (including phenoxy) is 1. The van der Waals surface area contributed by atoms with Gasteiger partial charge in [-0.1, -0.05) is 43.3 Å². The Kier molecular flexibility index (Phi) is 7.68. The maximum Gasteiger partial charge on any atom is 0.372 e. The first-order chi connectivity index (χ1) is 17.8. The number of para-hydroxylation sites is 1. The second-order valence-corrected chi connectivity index (χ2v) is 7.96. The third kappa shape index (κ3) is 5.38. The summed E-state index contributed by atoms with van der Waals surface area (Å²) in [7, 11) is 0. The van der Waals surface area contributed by atoms with E-state index in [0.29, 0.717) is 15.8 Å². The molecule has 1 aromatic heterocycles. The van der Waals surface area contributed by atoms with Crippen LogP contribution in [0.5, 0.6) is 0 Å². The summed E-state index contributed by atoms with van der Waals surface area (Å²) in [5.41, 5.74) is -1.36. The molecule has 0 aliphatic rings. The number of halogens is 3. The number of tetrazole rings is 1. The van der Waals surface area contributed by atoms with Crippen LogP contribution in [0.2, 0.25) is 0 Å². The molecule has 0 fully saturated rings. The lowest BCUT2D eigenvalue weighted by Crippen LogP contribution is -2.40. The average molecular weight is 513 g/mol. The second kappa shape index (κ2) is 11.1. The van der Waals surface area contributed by atoms with Gasteiger partial charge >= 0.3 is 11.7 Å². The molecule has 0 bridgehead atoms. The molecule has 0 radical (unpaired) electrons. The normalized spacial score (nSPS) is 11.8. The van der Waals surface area contributed by atoms with Crippen molar-refractivity contribution in [3.8, 4) is 5.69 Å². The second-order valence-electron chi connectivity index (χ2n) is 7.96. The molecule has 0 saturated carbocycles. The number of benzene rings is 3. The number of aromatic nitrogens is 4. The van der Waals surface area contributed by atoms with Crippen molar-refractivity contribution in [1.82, 2.24) is 19.8 Å². The SMILES string of the molecule is CCCN(c1ccc(C(=O)OCc2ccccc2)cc1F)C(O)n1nnn(-c2c(F)cccc2F)c1=O. The molecule has 1 N–H and O–H groups in total. The maximum atomic E-state index is 15.1. The van der Waals surface area contributed by atoms with Crippen molar-refractivity contribution in [1.29, 1.82) is 0 Å². The van der Waals surface area contributed by atoms with Crippen LogP contribution in [-0.2, 0) is 11.3 Å². The molecule has 0 aliphatic carbocycles. The molecule has 0 amide bonds. The maximum absolute atomic E-state index is 15.1. The summed E-state index contributed by atoms with van der Waals surface area (Å²) in [5.74, 6) is -3.74. The quantitative estimate of drug-likeness (QED) is 0.270. The number of aliphatic hydroxyl groups excluding tert-OH is 1. The summed E-state index contributed by atoms with van der Waals surface area (Å²) < 4.78 is 49.4. The van der Waals surface area contributed by atoms with E-state index in [2.05, 4.69) is 10.4 Å². The number of nitrogens with zero attached hydrogens (tertiary/aromatic N) is 5. The number of hydrogen-bond acceptors (Lipinski definition) is 7. The number of esters is 1. The Morgan fingerprint density at radius 3 is 2.35 bits per heavy atom. The van der Waals surface area contributed by atoms with E-state index in [0.717, 1.165) is 34.7 Å². The van der Waals surface area contributed by atoms with Gasteiger partial charge in [0.1, 0.15) is 18.1 Å². The first-order valence-corrected chi connectivity index (χ1v) is 11.3. The average Bonchev–Trinajstić information content (AvgIpc) is 3.27. The van der Waals surface area contributed by atoms with Crippen LogP contribution in [0, 0.1) is 17.5 Å². The van der Waals surface area contributed by atoms with E-state index < -0.39 is 41.1 Å². The first-order valence-electron chi connectivity index (χ1n) is 11.3. The molecule has 3 aromatic carbocycles. The molecule has 1 heterocycles. The van der Waals surface area contributed by atoms with Crippen molar-refractivity contribution in [3.63, 3.8) is 0 Å². The molecule has 192 valence electrons. The van der Waals surface area contributed by atoms with Crippen LogP contribution in [0.4, 0.5) is 18.9 Å². The van der Waals surface area contributed by atoms with E-state index in [-0.39, 0.29) is 24.4 Å². The van der Waals surface area contributed by atoms with Gasteiger partial charge in [0, 0.05) is 6.54 Å². The van der Waals surface area contributed by atoms with E-state index in [4.69, 9.17) is 4.74 Å². The molecule has 0 spiro atoms. The Hall–Kier alpha value is -4.45. The first kappa shape index (κ1) is 25.6. The van der Waals surface area contributed by atoms with Crippen LogP contribution in [0.15, 0.2) is 71.5 Å². The number of carbonyl (C=O) groups is 1. The molecule has 1 atom stereocenters. The minimum absolute atomic E-state index is 0.00486. The fourth-order valence-corrected chi connectivity index (χ4v) is 3.64. The van der Waals surface area contributed by atoms with E-state index in [9.17, 15) is 23.5 Å². The van der Waals surface area contributed by atoms with Crippen molar-refractivity contribution in [2.45, 2.75) is 26.3 Å². The highest BCUT2D eigenvalue weighted by atomic mass is 19.1. The summed E-state index contributed by atoms with van der Waals surface area (Å²) in [5, 5.41) is 17.9. The van der Waals surface area contributed by atoms with Gasteiger partial charge in [0.05, 0.1) is 11.3 Å². The van der Waals surface area contributed by atoms with Gasteiger partial charge in [0.25, 0.3) is 0 Å². The summed E-state index contributed by atoms with van der Waals surface area (Å²) in [6, 6.07) is 15.5. The van der Waals surface area contributed by atoms with Gasteiger partial charge in [0.2, 0.25) is 6.35 Å². The van der Waals surface area contributed by atoms with E-state index in [1.807, 2.05) is 6.07 Å². The fourth-order valence-electron chi connectivity index (χ4n) is 3.64. The molecular formula is C25H22F3N5O4. The van der Waals surface area contributed by atoms with Gasteiger partial charge in [-0.3, -0.25) is 0 Å². The van der Waals surface area contributed by atoms with Gasteiger partial charge < -0.3 is 14.7 Å². The molecule has 1 unspecified atom stereocenters. The van der Waals surface area contributed by atoms with Crippen LogP contribution in [0.25, 0.3) is 5.69 Å². The highest BCUT2D eigenvalue weighted by molar-refractivity contribution is 5.89. The Balaban J connectivity index is 1.59. The predicted octanol–water partition coefficient (Wildman–Crippen LogP) is 3.57. The minimum atomic E-state index is -1.87. The number of rotatable bonds is 9. The van der Waals surface area contributed by atoms with Crippen molar-refractivity contribution in [2.24, 2.45) is 0 Å². The van der Waals surface area contributed by atoms with Crippen LogP contribution >= 0.6 is 0 Å². The van der Waals surface area contributed by atoms with Crippen LogP contribution < -0.4 is 10.6 Å². The van der Waals surface area contributed by atoms with Crippen LogP contribution in [-0.4, -0.2) is 37.4 Å². The fraction of sp³-hybridized carbons (Fsp3) is 0.200. The summed E-state index contributed by atoms with van der Waals surface area (Å²) in [6.45, 7) is 1.81. The van der Waals surface area contributed by atoms with E-state index >= 15 is 4.39 Å². The third-order valence-electron chi connectivity index (χ3n) is 5.42. The Labute approximate surface area is 208 Å². The number of aliphatic hydroxyl groups is 1. The van der Waals surface area contributed by atoms with Crippen molar-refractivity contribution in [3.05, 3.63) is 106 Å². The lowest BCUT2D eigenvalue weighted by Gasteiger charge is -2.29. The predicted molar refractivity (Wildman–Crippen MR) is 126 cm³/mol. The van der Waals surface area contributed by atoms with E-state index in [1.165, 1.54) is 12.1 Å². The molecule has 0 aliphatic heterocycles. The minimum Gasteiger partial charge on any atom is -0.457 e. The number of hydrogen-bond donors (Lipinski definition) is 1. The number of anilines is 1. The largest absolute Gasteiger partial charge is 0.457 e. The molecule has 12 heteroatoms. The lowest BCUT2D eigenvalue weighted by atomic mass is 10.1. The van der Waals surface area contributed by atoms with Gasteiger partial charge in [-0.15, -0.1) is 4.68 Å². The Bertz CT molecular complexity index is 1440.